The number of ether oxygens (including phenoxy) is 1. The van der Waals surface area contributed by atoms with Crippen LogP contribution in [0.1, 0.15) is 18.9 Å². The smallest absolute Gasteiger partial charge is 0.333 e. The molecular weight excluding hydrogens is 250 g/mol. The van der Waals surface area contributed by atoms with Crippen LogP contribution in [0, 0.1) is 11.3 Å². The predicted octanol–water partition coefficient (Wildman–Crippen LogP) is 3.91. The summed E-state index contributed by atoms with van der Waals surface area (Å²) in [5.41, 5.74) is 2.10. The number of nitrogens with zero attached hydrogens (tertiary/aromatic N) is 1. The molecule has 0 atom stereocenters. The van der Waals surface area contributed by atoms with Crippen molar-refractivity contribution in [2.45, 2.75) is 13.3 Å². The molecule has 0 aliphatic heterocycles. The third kappa shape index (κ3) is 7.67. The SMILES string of the molecule is C=C(CC=C(C)C#N)C(=O)OC.C=Cc1ccccc1. The van der Waals surface area contributed by atoms with Crippen molar-refractivity contribution < 1.29 is 9.53 Å². The Hall–Kier alpha value is -2.60. The van der Waals surface area contributed by atoms with Gasteiger partial charge in [0.2, 0.25) is 0 Å². The molecule has 104 valence electrons. The fraction of sp³-hybridized carbons (Fsp3) is 0.176. The lowest BCUT2D eigenvalue weighted by Gasteiger charge is -1.98. The van der Waals surface area contributed by atoms with Gasteiger partial charge in [-0.25, -0.2) is 4.79 Å². The molecule has 0 heterocycles. The average molecular weight is 269 g/mol. The number of hydrogen-bond donors (Lipinski definition) is 0. The van der Waals surface area contributed by atoms with E-state index in [0.29, 0.717) is 17.6 Å². The molecule has 0 bridgehead atoms. The number of nitriles is 1. The van der Waals surface area contributed by atoms with E-state index in [0.717, 1.165) is 0 Å². The standard InChI is InChI=1S/C9H11NO2.C8H8/c1-7(6-10)4-5-8(2)9(11)12-3;1-2-8-6-4-3-5-7-8/h4H,2,5H2,1,3H3;2-7H,1H2. The number of methoxy groups -OCH3 is 1. The molecule has 1 rings (SSSR count). The molecule has 0 radical (unpaired) electrons. The second-order valence-electron chi connectivity index (χ2n) is 3.91. The molecule has 0 N–H and O–H groups in total. The van der Waals surface area contributed by atoms with Crippen LogP contribution < -0.4 is 0 Å². The predicted molar refractivity (Wildman–Crippen MR) is 81.7 cm³/mol. The van der Waals surface area contributed by atoms with Crippen molar-refractivity contribution in [1.82, 2.24) is 0 Å². The number of esters is 1. The molecule has 0 fully saturated rings. The number of benzene rings is 1. The first-order valence-electron chi connectivity index (χ1n) is 6.05. The first-order chi connectivity index (χ1) is 9.54. The van der Waals surface area contributed by atoms with Gasteiger partial charge in [0.1, 0.15) is 0 Å². The fourth-order valence-corrected chi connectivity index (χ4v) is 1.14. The third-order valence-electron chi connectivity index (χ3n) is 2.34. The minimum Gasteiger partial charge on any atom is -0.466 e. The monoisotopic (exact) mass is 269 g/mol. The molecule has 0 unspecified atom stereocenters. The Kier molecular flexibility index (Phi) is 8.99. The summed E-state index contributed by atoms with van der Waals surface area (Å²) in [6, 6.07) is 12.0. The summed E-state index contributed by atoms with van der Waals surface area (Å²) < 4.78 is 4.43. The lowest BCUT2D eigenvalue weighted by atomic mass is 10.1. The van der Waals surface area contributed by atoms with E-state index in [4.69, 9.17) is 5.26 Å². The van der Waals surface area contributed by atoms with Gasteiger partial charge < -0.3 is 4.74 Å². The van der Waals surface area contributed by atoms with Gasteiger partial charge in [-0.2, -0.15) is 5.26 Å². The number of allylic oxidation sites excluding steroid dienone is 2. The highest BCUT2D eigenvalue weighted by molar-refractivity contribution is 5.87. The summed E-state index contributed by atoms with van der Waals surface area (Å²) in [6.07, 6.45) is 3.84. The van der Waals surface area contributed by atoms with Crippen LogP contribution in [-0.2, 0) is 9.53 Å². The van der Waals surface area contributed by atoms with Gasteiger partial charge in [0.05, 0.1) is 13.2 Å². The molecule has 1 aromatic rings. The van der Waals surface area contributed by atoms with E-state index in [1.165, 1.54) is 12.7 Å². The Bertz CT molecular complexity index is 522. The maximum absolute atomic E-state index is 10.8. The second kappa shape index (κ2) is 10.3. The van der Waals surface area contributed by atoms with E-state index in [2.05, 4.69) is 17.9 Å². The highest BCUT2D eigenvalue weighted by Gasteiger charge is 2.03. The van der Waals surface area contributed by atoms with Crippen molar-refractivity contribution in [1.29, 1.82) is 5.26 Å². The summed E-state index contributed by atoms with van der Waals surface area (Å²) in [6.45, 7) is 8.81. The van der Waals surface area contributed by atoms with Gasteiger partial charge in [0.25, 0.3) is 0 Å². The van der Waals surface area contributed by atoms with E-state index >= 15 is 0 Å². The number of carbonyl (C=O) groups excluding carboxylic acids is 1. The summed E-state index contributed by atoms with van der Waals surface area (Å²) in [5.74, 6) is -0.433. The summed E-state index contributed by atoms with van der Waals surface area (Å²) in [5, 5.41) is 8.38. The van der Waals surface area contributed by atoms with Crippen molar-refractivity contribution in [2.75, 3.05) is 7.11 Å². The summed E-state index contributed by atoms with van der Waals surface area (Å²) in [4.78, 5) is 10.8. The average Bonchev–Trinajstić information content (AvgIpc) is 2.52. The van der Waals surface area contributed by atoms with Crippen LogP contribution in [0.25, 0.3) is 6.08 Å². The Morgan fingerprint density at radius 1 is 1.40 bits per heavy atom. The zero-order valence-electron chi connectivity index (χ0n) is 11.9. The highest BCUT2D eigenvalue weighted by Crippen LogP contribution is 2.03. The lowest BCUT2D eigenvalue weighted by Crippen LogP contribution is -2.02. The normalized spacial score (nSPS) is 9.55. The molecule has 0 amide bonds. The Morgan fingerprint density at radius 2 is 2.00 bits per heavy atom. The minimum atomic E-state index is -0.433. The van der Waals surface area contributed by atoms with E-state index in [9.17, 15) is 4.79 Å². The lowest BCUT2D eigenvalue weighted by molar-refractivity contribution is -0.136. The van der Waals surface area contributed by atoms with Gasteiger partial charge in [-0.05, 0) is 18.9 Å². The molecule has 0 saturated heterocycles. The molecule has 0 aromatic heterocycles. The van der Waals surface area contributed by atoms with E-state index in [1.54, 1.807) is 13.0 Å². The van der Waals surface area contributed by atoms with Gasteiger partial charge in [0, 0.05) is 11.1 Å². The maximum Gasteiger partial charge on any atom is 0.333 e. The van der Waals surface area contributed by atoms with Crippen LogP contribution in [-0.4, -0.2) is 13.1 Å². The molecule has 0 saturated carbocycles. The Labute approximate surface area is 120 Å². The van der Waals surface area contributed by atoms with E-state index in [-0.39, 0.29) is 0 Å². The van der Waals surface area contributed by atoms with Crippen molar-refractivity contribution in [2.24, 2.45) is 0 Å². The van der Waals surface area contributed by atoms with Crippen LogP contribution in [0.3, 0.4) is 0 Å². The molecule has 1 aromatic carbocycles. The molecule has 0 spiro atoms. The number of hydrogen-bond acceptors (Lipinski definition) is 3. The largest absolute Gasteiger partial charge is 0.466 e. The van der Waals surface area contributed by atoms with E-state index < -0.39 is 5.97 Å². The van der Waals surface area contributed by atoms with Gasteiger partial charge in [-0.1, -0.05) is 55.6 Å². The van der Waals surface area contributed by atoms with Crippen LogP contribution >= 0.6 is 0 Å². The van der Waals surface area contributed by atoms with Gasteiger partial charge in [-0.15, -0.1) is 0 Å². The van der Waals surface area contributed by atoms with Crippen molar-refractivity contribution in [3.8, 4) is 6.07 Å². The van der Waals surface area contributed by atoms with Crippen LogP contribution in [0.2, 0.25) is 0 Å². The second-order valence-corrected chi connectivity index (χ2v) is 3.91. The molecule has 3 heteroatoms. The van der Waals surface area contributed by atoms with Crippen molar-refractivity contribution >= 4 is 12.0 Å². The number of carbonyl (C=O) groups is 1. The summed E-state index contributed by atoms with van der Waals surface area (Å²) >= 11 is 0. The minimum absolute atomic E-state index is 0.354. The highest BCUT2D eigenvalue weighted by atomic mass is 16.5. The van der Waals surface area contributed by atoms with Gasteiger partial charge >= 0.3 is 5.97 Å². The topological polar surface area (TPSA) is 50.1 Å². The van der Waals surface area contributed by atoms with Crippen LogP contribution in [0.5, 0.6) is 0 Å². The Balaban J connectivity index is 0.000000388. The fourth-order valence-electron chi connectivity index (χ4n) is 1.14. The maximum atomic E-state index is 10.8. The molecule has 0 aliphatic rings. The van der Waals surface area contributed by atoms with Crippen LogP contribution in [0.4, 0.5) is 0 Å². The third-order valence-corrected chi connectivity index (χ3v) is 2.34. The van der Waals surface area contributed by atoms with Gasteiger partial charge in [0.15, 0.2) is 0 Å². The van der Waals surface area contributed by atoms with Crippen molar-refractivity contribution in [3.05, 3.63) is 66.3 Å². The first-order valence-corrected chi connectivity index (χ1v) is 6.05. The number of rotatable bonds is 4. The molecule has 3 nitrogen and oxygen atoms in total. The quantitative estimate of drug-likeness (QED) is 0.473. The van der Waals surface area contributed by atoms with Crippen LogP contribution in [0.15, 0.2) is 60.7 Å². The van der Waals surface area contributed by atoms with Crippen molar-refractivity contribution in [3.63, 3.8) is 0 Å². The first kappa shape index (κ1) is 17.4. The summed E-state index contributed by atoms with van der Waals surface area (Å²) in [7, 11) is 1.30. The molecular formula is C17H19NO2. The van der Waals surface area contributed by atoms with E-state index in [1.807, 2.05) is 42.5 Å². The van der Waals surface area contributed by atoms with Gasteiger partial charge in [-0.3, -0.25) is 0 Å². The molecule has 20 heavy (non-hydrogen) atoms. The molecule has 0 aliphatic carbocycles. The zero-order chi connectivity index (χ0) is 15.4. The zero-order valence-corrected chi connectivity index (χ0v) is 11.9. The Morgan fingerprint density at radius 3 is 2.40 bits per heavy atom.